The summed E-state index contributed by atoms with van der Waals surface area (Å²) in [4.78, 5) is 4.53. The minimum absolute atomic E-state index is 0.525. The van der Waals surface area contributed by atoms with Gasteiger partial charge in [0.05, 0.1) is 15.7 Å². The average molecular weight is 357 g/mol. The molecule has 22 heavy (non-hydrogen) atoms. The SMILES string of the molecule is Cc1nc(SCCC2CCNC2)nn1-c1ccc(Cl)c(Cl)c1. The van der Waals surface area contributed by atoms with Crippen molar-refractivity contribution in [3.63, 3.8) is 0 Å². The minimum atomic E-state index is 0.525. The van der Waals surface area contributed by atoms with Crippen molar-refractivity contribution in [2.24, 2.45) is 5.92 Å². The first-order valence-corrected chi connectivity index (χ1v) is 9.10. The average Bonchev–Trinajstić information content (AvgIpc) is 3.12. The molecule has 1 N–H and O–H groups in total. The standard InChI is InChI=1S/C15H18Cl2N4S/c1-10-19-15(22-7-5-11-4-6-18-9-11)20-21(10)12-2-3-13(16)14(17)8-12/h2-3,8,11,18H,4-7,9H2,1H3. The van der Waals surface area contributed by atoms with Crippen LogP contribution in [0, 0.1) is 12.8 Å². The molecule has 1 aromatic heterocycles. The highest BCUT2D eigenvalue weighted by Gasteiger charge is 2.15. The molecule has 3 rings (SSSR count). The number of nitrogens with one attached hydrogen (secondary N) is 1. The van der Waals surface area contributed by atoms with Crippen molar-refractivity contribution in [2.75, 3.05) is 18.8 Å². The fourth-order valence-corrected chi connectivity index (χ4v) is 3.83. The van der Waals surface area contributed by atoms with E-state index in [1.807, 2.05) is 23.7 Å². The van der Waals surface area contributed by atoms with Crippen molar-refractivity contribution >= 4 is 35.0 Å². The number of thioether (sulfide) groups is 1. The minimum Gasteiger partial charge on any atom is -0.316 e. The van der Waals surface area contributed by atoms with Crippen LogP contribution in [-0.4, -0.2) is 33.6 Å². The fourth-order valence-electron chi connectivity index (χ4n) is 2.57. The molecule has 0 saturated carbocycles. The summed E-state index contributed by atoms with van der Waals surface area (Å²) in [7, 11) is 0. The van der Waals surface area contributed by atoms with Crippen LogP contribution in [0.5, 0.6) is 0 Å². The highest BCUT2D eigenvalue weighted by atomic mass is 35.5. The lowest BCUT2D eigenvalue weighted by Crippen LogP contribution is -2.09. The van der Waals surface area contributed by atoms with E-state index in [4.69, 9.17) is 23.2 Å². The summed E-state index contributed by atoms with van der Waals surface area (Å²) >= 11 is 13.7. The quantitative estimate of drug-likeness (QED) is 0.823. The van der Waals surface area contributed by atoms with Gasteiger partial charge in [-0.25, -0.2) is 9.67 Å². The smallest absolute Gasteiger partial charge is 0.209 e. The van der Waals surface area contributed by atoms with Gasteiger partial charge in [-0.05, 0) is 57.0 Å². The number of halogens is 2. The van der Waals surface area contributed by atoms with Gasteiger partial charge in [0.25, 0.3) is 0 Å². The van der Waals surface area contributed by atoms with Gasteiger partial charge < -0.3 is 5.32 Å². The molecule has 0 aliphatic carbocycles. The second-order valence-corrected chi connectivity index (χ2v) is 7.32. The highest BCUT2D eigenvalue weighted by molar-refractivity contribution is 7.99. The van der Waals surface area contributed by atoms with Crippen molar-refractivity contribution in [2.45, 2.75) is 24.9 Å². The molecule has 2 aromatic rings. The number of aryl methyl sites for hydroxylation is 1. The van der Waals surface area contributed by atoms with Crippen molar-refractivity contribution in [3.05, 3.63) is 34.1 Å². The van der Waals surface area contributed by atoms with E-state index in [0.29, 0.717) is 10.0 Å². The summed E-state index contributed by atoms with van der Waals surface area (Å²) in [5, 5.41) is 9.85. The number of aromatic nitrogens is 3. The summed E-state index contributed by atoms with van der Waals surface area (Å²) in [6, 6.07) is 5.49. The van der Waals surface area contributed by atoms with Gasteiger partial charge in [-0.3, -0.25) is 0 Å². The van der Waals surface area contributed by atoms with E-state index in [-0.39, 0.29) is 0 Å². The fraction of sp³-hybridized carbons (Fsp3) is 0.467. The Bertz CT molecular complexity index is 653. The molecule has 0 amide bonds. The third-order valence-corrected chi connectivity index (χ3v) is 5.43. The van der Waals surface area contributed by atoms with Crippen LogP contribution in [0.1, 0.15) is 18.7 Å². The third-order valence-electron chi connectivity index (χ3n) is 3.82. The van der Waals surface area contributed by atoms with Crippen LogP contribution in [-0.2, 0) is 0 Å². The Morgan fingerprint density at radius 1 is 1.36 bits per heavy atom. The van der Waals surface area contributed by atoms with Crippen LogP contribution in [0.15, 0.2) is 23.4 Å². The predicted molar refractivity (Wildman–Crippen MR) is 92.4 cm³/mol. The molecule has 1 atom stereocenters. The molecule has 1 aliphatic rings. The number of nitrogens with zero attached hydrogens (tertiary/aromatic N) is 3. The number of benzene rings is 1. The summed E-state index contributed by atoms with van der Waals surface area (Å²) < 4.78 is 1.81. The summed E-state index contributed by atoms with van der Waals surface area (Å²) in [6.07, 6.45) is 2.49. The molecule has 1 aromatic carbocycles. The van der Waals surface area contributed by atoms with Crippen molar-refractivity contribution in [1.29, 1.82) is 0 Å². The molecule has 1 aliphatic heterocycles. The zero-order valence-corrected chi connectivity index (χ0v) is 14.7. The Labute approximate surface area is 144 Å². The van der Waals surface area contributed by atoms with Gasteiger partial charge in [0.15, 0.2) is 0 Å². The van der Waals surface area contributed by atoms with Gasteiger partial charge in [0, 0.05) is 5.75 Å². The monoisotopic (exact) mass is 356 g/mol. The van der Waals surface area contributed by atoms with Crippen molar-refractivity contribution < 1.29 is 0 Å². The number of hydrogen-bond acceptors (Lipinski definition) is 4. The van der Waals surface area contributed by atoms with Gasteiger partial charge in [0.1, 0.15) is 5.82 Å². The molecule has 1 saturated heterocycles. The predicted octanol–water partition coefficient (Wildman–Crippen LogP) is 3.97. The van der Waals surface area contributed by atoms with Gasteiger partial charge in [-0.15, -0.1) is 5.10 Å². The van der Waals surface area contributed by atoms with Crippen LogP contribution in [0.2, 0.25) is 10.0 Å². The largest absolute Gasteiger partial charge is 0.316 e. The maximum Gasteiger partial charge on any atom is 0.209 e. The number of hydrogen-bond donors (Lipinski definition) is 1. The zero-order chi connectivity index (χ0) is 15.5. The van der Waals surface area contributed by atoms with Gasteiger partial charge >= 0.3 is 0 Å². The van der Waals surface area contributed by atoms with E-state index >= 15 is 0 Å². The topological polar surface area (TPSA) is 42.7 Å². The molecule has 0 radical (unpaired) electrons. The van der Waals surface area contributed by atoms with E-state index in [2.05, 4.69) is 15.4 Å². The van der Waals surface area contributed by atoms with Crippen LogP contribution in [0.25, 0.3) is 5.69 Å². The molecular formula is C15H18Cl2N4S. The Kier molecular flexibility index (Phi) is 5.29. The van der Waals surface area contributed by atoms with E-state index in [0.717, 1.165) is 41.4 Å². The molecular weight excluding hydrogens is 339 g/mol. The first-order chi connectivity index (χ1) is 10.6. The summed E-state index contributed by atoms with van der Waals surface area (Å²) in [5.74, 6) is 2.70. The van der Waals surface area contributed by atoms with Gasteiger partial charge in [-0.1, -0.05) is 35.0 Å². The lowest BCUT2D eigenvalue weighted by molar-refractivity contribution is 0.567. The van der Waals surface area contributed by atoms with E-state index in [9.17, 15) is 0 Å². The molecule has 2 heterocycles. The Balaban J connectivity index is 1.66. The van der Waals surface area contributed by atoms with Gasteiger partial charge in [0.2, 0.25) is 5.16 Å². The molecule has 0 spiro atoms. The Hall–Kier alpha value is -0.750. The van der Waals surface area contributed by atoms with Gasteiger partial charge in [-0.2, -0.15) is 0 Å². The van der Waals surface area contributed by atoms with E-state index < -0.39 is 0 Å². The van der Waals surface area contributed by atoms with Crippen molar-refractivity contribution in [3.8, 4) is 5.69 Å². The van der Waals surface area contributed by atoms with Crippen LogP contribution in [0.4, 0.5) is 0 Å². The highest BCUT2D eigenvalue weighted by Crippen LogP contribution is 2.26. The second kappa shape index (κ2) is 7.21. The molecule has 1 fully saturated rings. The lowest BCUT2D eigenvalue weighted by atomic mass is 10.1. The molecule has 1 unspecified atom stereocenters. The second-order valence-electron chi connectivity index (χ2n) is 5.45. The summed E-state index contributed by atoms with van der Waals surface area (Å²) in [6.45, 7) is 4.24. The maximum absolute atomic E-state index is 6.07. The first-order valence-electron chi connectivity index (χ1n) is 7.36. The lowest BCUT2D eigenvalue weighted by Gasteiger charge is -2.05. The van der Waals surface area contributed by atoms with E-state index in [1.165, 1.54) is 12.8 Å². The van der Waals surface area contributed by atoms with Crippen molar-refractivity contribution in [1.82, 2.24) is 20.1 Å². The summed E-state index contributed by atoms with van der Waals surface area (Å²) in [5.41, 5.74) is 0.881. The Morgan fingerprint density at radius 2 is 2.23 bits per heavy atom. The number of rotatable bonds is 5. The molecule has 118 valence electrons. The molecule has 0 bridgehead atoms. The van der Waals surface area contributed by atoms with E-state index in [1.54, 1.807) is 17.8 Å². The molecule has 7 heteroatoms. The third kappa shape index (κ3) is 3.77. The van der Waals surface area contributed by atoms with Crippen LogP contribution >= 0.6 is 35.0 Å². The van der Waals surface area contributed by atoms with Crippen LogP contribution in [0.3, 0.4) is 0 Å². The normalized spacial score (nSPS) is 18.0. The first kappa shape index (κ1) is 16.1. The Morgan fingerprint density at radius 3 is 2.95 bits per heavy atom. The zero-order valence-electron chi connectivity index (χ0n) is 12.4. The maximum atomic E-state index is 6.07. The molecule has 4 nitrogen and oxygen atoms in total. The van der Waals surface area contributed by atoms with Crippen LogP contribution < -0.4 is 5.32 Å².